The van der Waals surface area contributed by atoms with E-state index < -0.39 is 21.7 Å². The van der Waals surface area contributed by atoms with E-state index in [1.165, 1.54) is 6.07 Å². The van der Waals surface area contributed by atoms with E-state index in [4.69, 9.17) is 4.74 Å². The highest BCUT2D eigenvalue weighted by Gasteiger charge is 2.19. The van der Waals surface area contributed by atoms with Gasteiger partial charge in [0.1, 0.15) is 12.4 Å². The van der Waals surface area contributed by atoms with Crippen molar-refractivity contribution in [2.45, 2.75) is 12.8 Å². The third-order valence-corrected chi connectivity index (χ3v) is 5.06. The maximum atomic E-state index is 13.4. The second kappa shape index (κ2) is 10.0. The van der Waals surface area contributed by atoms with Crippen LogP contribution >= 0.6 is 0 Å². The Kier molecular flexibility index (Phi) is 7.72. The van der Waals surface area contributed by atoms with Crippen molar-refractivity contribution >= 4 is 27.3 Å². The minimum absolute atomic E-state index is 0.00178. The molecule has 0 heterocycles. The largest absolute Gasteiger partial charge is 0.490 e. The van der Waals surface area contributed by atoms with E-state index in [-0.39, 0.29) is 31.0 Å². The van der Waals surface area contributed by atoms with Crippen LogP contribution in [0.5, 0.6) is 5.75 Å². The van der Waals surface area contributed by atoms with Crippen molar-refractivity contribution < 1.29 is 26.7 Å². The first kappa shape index (κ1) is 22.4. The first-order valence-corrected chi connectivity index (χ1v) is 10.6. The van der Waals surface area contributed by atoms with Gasteiger partial charge >= 0.3 is 0 Å². The molecule has 0 fully saturated rings. The van der Waals surface area contributed by atoms with E-state index in [9.17, 15) is 22.0 Å². The molecule has 0 bridgehead atoms. The Balaban J connectivity index is 1.92. The lowest BCUT2D eigenvalue weighted by atomic mass is 10.2. The summed E-state index contributed by atoms with van der Waals surface area (Å²) in [4.78, 5) is 12.1. The fraction of sp³-hybridized carbons (Fsp3) is 0.250. The molecule has 0 aliphatic heterocycles. The van der Waals surface area contributed by atoms with Crippen LogP contribution in [0.1, 0.15) is 12.8 Å². The molecule has 1 amide bonds. The molecule has 2 rings (SSSR count). The molecule has 0 aromatic heterocycles. The molecule has 0 aliphatic rings. The topological polar surface area (TPSA) is 75.7 Å². The number of anilines is 2. The molecular formula is C20H22F2N2O4S. The van der Waals surface area contributed by atoms with Crippen LogP contribution in [0.3, 0.4) is 0 Å². The van der Waals surface area contributed by atoms with Crippen molar-refractivity contribution in [2.75, 3.05) is 29.0 Å². The third kappa shape index (κ3) is 6.86. The minimum Gasteiger partial charge on any atom is -0.490 e. The molecule has 0 saturated carbocycles. The molecule has 0 aliphatic carbocycles. The number of ether oxygens (including phenoxy) is 1. The summed E-state index contributed by atoms with van der Waals surface area (Å²) >= 11 is 0. The summed E-state index contributed by atoms with van der Waals surface area (Å²) in [6.07, 6.45) is 2.82. The molecule has 0 saturated heterocycles. The molecule has 2 aromatic rings. The second-order valence-corrected chi connectivity index (χ2v) is 8.12. The fourth-order valence-electron chi connectivity index (χ4n) is 2.52. The summed E-state index contributed by atoms with van der Waals surface area (Å²) in [6.45, 7) is 3.88. The predicted octanol–water partition coefficient (Wildman–Crippen LogP) is 3.71. The zero-order valence-corrected chi connectivity index (χ0v) is 16.7. The van der Waals surface area contributed by atoms with Gasteiger partial charge in [-0.25, -0.2) is 17.2 Å². The zero-order chi connectivity index (χ0) is 21.4. The third-order valence-electron chi connectivity index (χ3n) is 3.86. The molecule has 9 heteroatoms. The van der Waals surface area contributed by atoms with Gasteiger partial charge in [-0.2, -0.15) is 0 Å². The van der Waals surface area contributed by atoms with Crippen molar-refractivity contribution in [2.24, 2.45) is 0 Å². The number of hydrogen-bond donors (Lipinski definition) is 1. The number of nitrogens with zero attached hydrogens (tertiary/aromatic N) is 1. The van der Waals surface area contributed by atoms with Gasteiger partial charge in [-0.1, -0.05) is 12.7 Å². The van der Waals surface area contributed by atoms with Gasteiger partial charge in [-0.05, 0) is 42.8 Å². The average molecular weight is 424 g/mol. The van der Waals surface area contributed by atoms with Crippen molar-refractivity contribution in [3.05, 3.63) is 66.8 Å². The number of benzene rings is 2. The molecular weight excluding hydrogens is 402 g/mol. The van der Waals surface area contributed by atoms with Crippen LogP contribution in [0.25, 0.3) is 0 Å². The van der Waals surface area contributed by atoms with Crippen LogP contribution in [-0.2, 0) is 14.8 Å². The number of sulfonamides is 1. The highest BCUT2D eigenvalue weighted by Crippen LogP contribution is 2.21. The summed E-state index contributed by atoms with van der Waals surface area (Å²) in [5, 5.41) is 2.70. The van der Waals surface area contributed by atoms with Gasteiger partial charge < -0.3 is 10.1 Å². The van der Waals surface area contributed by atoms with Crippen LogP contribution in [0.15, 0.2) is 55.1 Å². The Hall–Kier alpha value is -2.94. The summed E-state index contributed by atoms with van der Waals surface area (Å²) < 4.78 is 56.8. The predicted molar refractivity (Wildman–Crippen MR) is 109 cm³/mol. The second-order valence-electron chi connectivity index (χ2n) is 6.21. The molecule has 0 unspecified atom stereocenters. The van der Waals surface area contributed by atoms with Gasteiger partial charge in [0.15, 0.2) is 11.6 Å². The van der Waals surface area contributed by atoms with Crippen LogP contribution in [-0.4, -0.2) is 33.7 Å². The van der Waals surface area contributed by atoms with Crippen LogP contribution in [0.4, 0.5) is 20.2 Å². The Bertz CT molecular complexity index is 963. The van der Waals surface area contributed by atoms with E-state index in [2.05, 4.69) is 11.9 Å². The number of carbonyl (C=O) groups excluding carboxylic acids is 1. The van der Waals surface area contributed by atoms with Gasteiger partial charge in [0.25, 0.3) is 0 Å². The molecule has 156 valence electrons. The van der Waals surface area contributed by atoms with E-state index in [0.29, 0.717) is 18.0 Å². The Morgan fingerprint density at radius 2 is 1.86 bits per heavy atom. The van der Waals surface area contributed by atoms with Crippen molar-refractivity contribution in [1.29, 1.82) is 0 Å². The lowest BCUT2D eigenvalue weighted by Gasteiger charge is -2.22. The van der Waals surface area contributed by atoms with Crippen LogP contribution in [0, 0.1) is 11.6 Å². The quantitative estimate of drug-likeness (QED) is 0.590. The fourth-order valence-corrected chi connectivity index (χ4v) is 3.48. The summed E-state index contributed by atoms with van der Waals surface area (Å²) in [5.74, 6) is -1.88. The van der Waals surface area contributed by atoms with E-state index >= 15 is 0 Å². The van der Waals surface area contributed by atoms with Gasteiger partial charge in [-0.3, -0.25) is 9.10 Å². The molecule has 1 N–H and O–H groups in total. The lowest BCUT2D eigenvalue weighted by Crippen LogP contribution is -2.31. The van der Waals surface area contributed by atoms with Crippen LogP contribution < -0.4 is 14.4 Å². The van der Waals surface area contributed by atoms with E-state index in [1.807, 2.05) is 0 Å². The zero-order valence-electron chi connectivity index (χ0n) is 15.9. The molecule has 29 heavy (non-hydrogen) atoms. The number of halogens is 2. The highest BCUT2D eigenvalue weighted by molar-refractivity contribution is 7.92. The van der Waals surface area contributed by atoms with E-state index in [1.54, 1.807) is 30.3 Å². The normalized spacial score (nSPS) is 11.0. The molecule has 6 nitrogen and oxygen atoms in total. The number of nitrogens with one attached hydrogen (secondary N) is 1. The first-order chi connectivity index (χ1) is 13.7. The number of amides is 1. The Labute approximate surface area is 168 Å². The first-order valence-electron chi connectivity index (χ1n) is 8.77. The smallest absolute Gasteiger partial charge is 0.232 e. The van der Waals surface area contributed by atoms with Crippen molar-refractivity contribution in [3.63, 3.8) is 0 Å². The average Bonchev–Trinajstić information content (AvgIpc) is 2.66. The lowest BCUT2D eigenvalue weighted by molar-refractivity contribution is -0.116. The summed E-state index contributed by atoms with van der Waals surface area (Å²) in [6, 6.07) is 9.61. The summed E-state index contributed by atoms with van der Waals surface area (Å²) in [7, 11) is -3.73. The van der Waals surface area contributed by atoms with Gasteiger partial charge in [-0.15, -0.1) is 0 Å². The Morgan fingerprint density at radius 3 is 2.45 bits per heavy atom. The maximum absolute atomic E-state index is 13.4. The number of carbonyl (C=O) groups is 1. The standard InChI is InChI=1S/C20H22F2N2O4S/c1-3-13-28-17-9-6-15(7-10-17)23-20(25)5-4-12-24(29(2,26)27)16-8-11-18(21)19(22)14-16/h3,6-11,14H,1,4-5,12-13H2,2H3,(H,23,25). The molecule has 0 atom stereocenters. The van der Waals surface area contributed by atoms with E-state index in [0.717, 1.165) is 22.7 Å². The van der Waals surface area contributed by atoms with Crippen molar-refractivity contribution in [1.82, 2.24) is 0 Å². The van der Waals surface area contributed by atoms with Crippen molar-refractivity contribution in [3.8, 4) is 5.75 Å². The molecule has 0 radical (unpaired) electrons. The number of rotatable bonds is 10. The number of hydrogen-bond acceptors (Lipinski definition) is 4. The molecule has 2 aromatic carbocycles. The summed E-state index contributed by atoms with van der Waals surface area (Å²) in [5.41, 5.74) is 0.573. The Morgan fingerprint density at radius 1 is 1.17 bits per heavy atom. The maximum Gasteiger partial charge on any atom is 0.232 e. The highest BCUT2D eigenvalue weighted by atomic mass is 32.2. The SMILES string of the molecule is C=CCOc1ccc(NC(=O)CCCN(c2ccc(F)c(F)c2)S(C)(=O)=O)cc1. The monoisotopic (exact) mass is 424 g/mol. The molecule has 0 spiro atoms. The van der Waals surface area contributed by atoms with Gasteiger partial charge in [0.05, 0.1) is 11.9 Å². The van der Waals surface area contributed by atoms with Gasteiger partial charge in [0, 0.05) is 24.7 Å². The van der Waals surface area contributed by atoms with Crippen LogP contribution in [0.2, 0.25) is 0 Å². The van der Waals surface area contributed by atoms with Gasteiger partial charge in [0.2, 0.25) is 15.9 Å². The minimum atomic E-state index is -3.73.